The van der Waals surface area contributed by atoms with E-state index in [4.69, 9.17) is 23.1 Å². The molecule has 1 N–H and O–H groups in total. The van der Waals surface area contributed by atoms with Crippen LogP contribution in [-0.2, 0) is 14.9 Å². The second-order valence-electron chi connectivity index (χ2n) is 4.02. The molecule has 0 aromatic carbocycles. The highest BCUT2D eigenvalue weighted by Gasteiger charge is 2.18. The van der Waals surface area contributed by atoms with Crippen LogP contribution in [0.5, 0.6) is 0 Å². The number of hydrogen-bond donors (Lipinski definition) is 1. The van der Waals surface area contributed by atoms with E-state index < -0.39 is 10.1 Å². The summed E-state index contributed by atoms with van der Waals surface area (Å²) in [5.41, 5.74) is 0. The lowest BCUT2D eigenvalue weighted by atomic mass is 10.3. The standard InChI is InChI=1S/C10H19N3O.CH4O3S/c1-3-5-12-6-8-13(9-7-12)10(11)14-4-2;1-5(2,3)4/h3,11H,1,4-9H2,2H3;1H3,(H,2,3,4)/p-1. The molecule has 0 bridgehead atoms. The molecule has 0 atom stereocenters. The van der Waals surface area contributed by atoms with Crippen molar-refractivity contribution in [2.75, 3.05) is 45.6 Å². The highest BCUT2D eigenvalue weighted by atomic mass is 32.2. The number of hydrogen-bond acceptors (Lipinski definition) is 6. The molecule has 0 amide bonds. The lowest BCUT2D eigenvalue weighted by molar-refractivity contribution is 0.159. The zero-order valence-electron chi connectivity index (χ0n) is 11.5. The monoisotopic (exact) mass is 292 g/mol. The Morgan fingerprint density at radius 3 is 2.26 bits per heavy atom. The van der Waals surface area contributed by atoms with Crippen molar-refractivity contribution in [3.05, 3.63) is 12.7 Å². The van der Waals surface area contributed by atoms with Crippen LogP contribution < -0.4 is 0 Å². The molecule has 8 heteroatoms. The Morgan fingerprint density at radius 1 is 1.42 bits per heavy atom. The zero-order chi connectivity index (χ0) is 14.9. The van der Waals surface area contributed by atoms with Crippen molar-refractivity contribution in [2.24, 2.45) is 0 Å². The fourth-order valence-corrected chi connectivity index (χ4v) is 1.54. The average Bonchev–Trinajstić information content (AvgIpc) is 2.28. The van der Waals surface area contributed by atoms with Crippen LogP contribution in [0.25, 0.3) is 0 Å². The maximum Gasteiger partial charge on any atom is 0.284 e. The third-order valence-electron chi connectivity index (χ3n) is 2.33. The molecule has 1 fully saturated rings. The van der Waals surface area contributed by atoms with Crippen molar-refractivity contribution in [2.45, 2.75) is 6.92 Å². The Bertz CT molecular complexity index is 367. The van der Waals surface area contributed by atoms with Crippen molar-refractivity contribution in [3.8, 4) is 0 Å². The molecule has 0 radical (unpaired) electrons. The summed E-state index contributed by atoms with van der Waals surface area (Å²) in [7, 11) is -3.92. The third-order valence-corrected chi connectivity index (χ3v) is 2.33. The quantitative estimate of drug-likeness (QED) is 0.338. The van der Waals surface area contributed by atoms with Gasteiger partial charge in [-0.2, -0.15) is 0 Å². The Labute approximate surface area is 115 Å². The normalized spacial score (nSPS) is 16.3. The number of rotatable bonds is 3. The van der Waals surface area contributed by atoms with Crippen molar-refractivity contribution < 1.29 is 17.7 Å². The Morgan fingerprint density at radius 2 is 1.89 bits per heavy atom. The Kier molecular flexibility index (Phi) is 8.37. The van der Waals surface area contributed by atoms with Gasteiger partial charge in [-0.05, 0) is 6.92 Å². The fourth-order valence-electron chi connectivity index (χ4n) is 1.54. The summed E-state index contributed by atoms with van der Waals surface area (Å²) < 4.78 is 32.4. The minimum Gasteiger partial charge on any atom is -0.748 e. The first kappa shape index (κ1) is 17.9. The van der Waals surface area contributed by atoms with E-state index in [-0.39, 0.29) is 0 Å². The van der Waals surface area contributed by atoms with Gasteiger partial charge in [-0.1, -0.05) is 6.08 Å². The molecule has 1 aliphatic rings. The van der Waals surface area contributed by atoms with Gasteiger partial charge in [-0.15, -0.1) is 6.58 Å². The van der Waals surface area contributed by atoms with Crippen LogP contribution in [-0.4, -0.2) is 74.4 Å². The number of nitrogens with one attached hydrogen (secondary N) is 1. The van der Waals surface area contributed by atoms with E-state index in [9.17, 15) is 0 Å². The van der Waals surface area contributed by atoms with Crippen LogP contribution in [0, 0.1) is 5.41 Å². The van der Waals surface area contributed by atoms with Crippen molar-refractivity contribution in [1.82, 2.24) is 9.80 Å². The summed E-state index contributed by atoms with van der Waals surface area (Å²) in [6.45, 7) is 10.9. The summed E-state index contributed by atoms with van der Waals surface area (Å²) in [5, 5.41) is 7.62. The molecule has 7 nitrogen and oxygen atoms in total. The smallest absolute Gasteiger partial charge is 0.284 e. The molecule has 0 spiro atoms. The number of nitrogens with zero attached hydrogens (tertiary/aromatic N) is 2. The molecule has 1 aliphatic heterocycles. The third kappa shape index (κ3) is 10.5. The molecule has 0 saturated carbocycles. The maximum absolute atomic E-state index is 9.08. The fraction of sp³-hybridized carbons (Fsp3) is 0.727. The molecule has 0 aromatic rings. The zero-order valence-corrected chi connectivity index (χ0v) is 12.3. The predicted molar refractivity (Wildman–Crippen MR) is 73.2 cm³/mol. The highest BCUT2D eigenvalue weighted by molar-refractivity contribution is 7.84. The molecule has 1 saturated heterocycles. The average molecular weight is 292 g/mol. The van der Waals surface area contributed by atoms with E-state index in [1.54, 1.807) is 0 Å². The van der Waals surface area contributed by atoms with Crippen LogP contribution in [0.2, 0.25) is 0 Å². The van der Waals surface area contributed by atoms with Crippen LogP contribution in [0.3, 0.4) is 0 Å². The molecule has 1 heterocycles. The minimum absolute atomic E-state index is 0.311. The molecular weight excluding hydrogens is 270 g/mol. The summed E-state index contributed by atoms with van der Waals surface area (Å²) in [5.74, 6) is 0. The van der Waals surface area contributed by atoms with Crippen molar-refractivity contribution in [3.63, 3.8) is 0 Å². The summed E-state index contributed by atoms with van der Waals surface area (Å²) in [6, 6.07) is 0.311. The maximum atomic E-state index is 9.08. The van der Waals surface area contributed by atoms with E-state index in [1.807, 2.05) is 17.9 Å². The molecule has 0 aromatic heterocycles. The SMILES string of the molecule is C=CCN1CCN(C(=N)OCC)CC1.CS(=O)(=O)[O-]. The van der Waals surface area contributed by atoms with Crippen LogP contribution >= 0.6 is 0 Å². The Balaban J connectivity index is 0.000000555. The van der Waals surface area contributed by atoms with E-state index in [2.05, 4.69) is 11.5 Å². The molecule has 0 aliphatic carbocycles. The van der Waals surface area contributed by atoms with Crippen molar-refractivity contribution in [1.29, 1.82) is 5.41 Å². The summed E-state index contributed by atoms with van der Waals surface area (Å²) in [6.07, 6.45) is 2.52. The van der Waals surface area contributed by atoms with Gasteiger partial charge in [0.2, 0.25) is 0 Å². The van der Waals surface area contributed by atoms with Crippen LogP contribution in [0.1, 0.15) is 6.92 Å². The summed E-state index contributed by atoms with van der Waals surface area (Å²) in [4.78, 5) is 4.30. The van der Waals surface area contributed by atoms with Gasteiger partial charge in [-0.25, -0.2) is 8.42 Å². The van der Waals surface area contributed by atoms with Crippen LogP contribution in [0.15, 0.2) is 12.7 Å². The number of ether oxygens (including phenoxy) is 1. The number of amidine groups is 1. The van der Waals surface area contributed by atoms with Gasteiger partial charge in [0.1, 0.15) is 0 Å². The molecular formula is C11H22N3O4S-. The highest BCUT2D eigenvalue weighted by Crippen LogP contribution is 2.02. The summed E-state index contributed by atoms with van der Waals surface area (Å²) >= 11 is 0. The van der Waals surface area contributed by atoms with Gasteiger partial charge in [0.15, 0.2) is 0 Å². The second kappa shape index (κ2) is 8.89. The molecule has 0 unspecified atom stereocenters. The lowest BCUT2D eigenvalue weighted by Gasteiger charge is -2.34. The van der Waals surface area contributed by atoms with Gasteiger partial charge in [0.25, 0.3) is 6.02 Å². The van der Waals surface area contributed by atoms with E-state index in [0.717, 1.165) is 32.7 Å². The predicted octanol–water partition coefficient (Wildman–Crippen LogP) is -0.0773. The minimum atomic E-state index is -3.92. The van der Waals surface area contributed by atoms with Crippen LogP contribution in [0.4, 0.5) is 0 Å². The van der Waals surface area contributed by atoms with Crippen molar-refractivity contribution >= 4 is 16.1 Å². The molecule has 19 heavy (non-hydrogen) atoms. The molecule has 112 valence electrons. The van der Waals surface area contributed by atoms with Gasteiger partial charge in [0.05, 0.1) is 16.7 Å². The van der Waals surface area contributed by atoms with Gasteiger partial charge in [-0.3, -0.25) is 10.3 Å². The lowest BCUT2D eigenvalue weighted by Crippen LogP contribution is -2.49. The second-order valence-corrected chi connectivity index (χ2v) is 5.43. The molecule has 1 rings (SSSR count). The van der Waals surface area contributed by atoms with E-state index >= 15 is 0 Å². The van der Waals surface area contributed by atoms with E-state index in [0.29, 0.717) is 18.9 Å². The largest absolute Gasteiger partial charge is 0.748 e. The first-order chi connectivity index (χ1) is 8.77. The van der Waals surface area contributed by atoms with Gasteiger partial charge >= 0.3 is 0 Å². The topological polar surface area (TPSA) is 96.8 Å². The first-order valence-electron chi connectivity index (χ1n) is 5.98. The number of piperazine rings is 1. The Hall–Kier alpha value is -1.12. The van der Waals surface area contributed by atoms with E-state index in [1.165, 1.54) is 0 Å². The first-order valence-corrected chi connectivity index (χ1v) is 7.80. The van der Waals surface area contributed by atoms with Gasteiger partial charge < -0.3 is 14.2 Å². The van der Waals surface area contributed by atoms with Gasteiger partial charge in [0, 0.05) is 39.0 Å².